The number of hydrogen-bond donors (Lipinski definition) is 2. The smallest absolute Gasteiger partial charge is 0.307 e. The Hall–Kier alpha value is -2.11. The highest BCUT2D eigenvalue weighted by Crippen LogP contribution is 2.15. The van der Waals surface area contributed by atoms with Crippen molar-refractivity contribution in [1.29, 1.82) is 0 Å². The second-order valence-electron chi connectivity index (χ2n) is 3.50. The molecule has 1 aromatic heterocycles. The van der Waals surface area contributed by atoms with Crippen LogP contribution in [-0.4, -0.2) is 29.6 Å². The molecule has 0 aliphatic rings. The first kappa shape index (κ1) is 11.4. The lowest BCUT2D eigenvalue weighted by molar-refractivity contribution is -0.140. The Balaban J connectivity index is 2.02. The third-order valence-electron chi connectivity index (χ3n) is 2.29. The molecule has 1 aromatic carbocycles. The first-order valence-corrected chi connectivity index (χ1v) is 5.15. The van der Waals surface area contributed by atoms with Crippen LogP contribution in [0.4, 0.5) is 10.3 Å². The van der Waals surface area contributed by atoms with E-state index in [1.807, 2.05) is 0 Å². The van der Waals surface area contributed by atoms with Gasteiger partial charge in [-0.1, -0.05) is 0 Å². The minimum Gasteiger partial charge on any atom is -0.469 e. The van der Waals surface area contributed by atoms with Gasteiger partial charge in [-0.3, -0.25) is 4.79 Å². The number of esters is 1. The summed E-state index contributed by atoms with van der Waals surface area (Å²) in [5.74, 6) is -0.101. The van der Waals surface area contributed by atoms with E-state index >= 15 is 0 Å². The number of aromatic nitrogens is 2. The highest BCUT2D eigenvalue weighted by atomic mass is 19.1. The molecule has 0 bridgehead atoms. The van der Waals surface area contributed by atoms with Gasteiger partial charge in [0.05, 0.1) is 24.6 Å². The number of H-pyrrole nitrogens is 1. The molecule has 6 heteroatoms. The second-order valence-corrected chi connectivity index (χ2v) is 3.50. The fraction of sp³-hybridized carbons (Fsp3) is 0.273. The number of imidazole rings is 1. The van der Waals surface area contributed by atoms with E-state index in [4.69, 9.17) is 0 Å². The Morgan fingerprint density at radius 2 is 2.41 bits per heavy atom. The number of carbonyl (C=O) groups excluding carboxylic acids is 1. The van der Waals surface area contributed by atoms with Crippen molar-refractivity contribution in [1.82, 2.24) is 9.97 Å². The lowest BCUT2D eigenvalue weighted by atomic mass is 10.3. The molecule has 0 aliphatic carbocycles. The summed E-state index contributed by atoms with van der Waals surface area (Å²) in [5.41, 5.74) is 1.29. The Kier molecular flexibility index (Phi) is 3.22. The number of rotatable bonds is 4. The maximum absolute atomic E-state index is 12.9. The van der Waals surface area contributed by atoms with Gasteiger partial charge in [0.25, 0.3) is 0 Å². The zero-order valence-electron chi connectivity index (χ0n) is 9.29. The quantitative estimate of drug-likeness (QED) is 0.794. The molecule has 0 spiro atoms. The fourth-order valence-electron chi connectivity index (χ4n) is 1.45. The van der Waals surface area contributed by atoms with Gasteiger partial charge in [-0.15, -0.1) is 0 Å². The van der Waals surface area contributed by atoms with E-state index in [-0.39, 0.29) is 18.2 Å². The van der Waals surface area contributed by atoms with Crippen molar-refractivity contribution < 1.29 is 13.9 Å². The van der Waals surface area contributed by atoms with Gasteiger partial charge in [0.1, 0.15) is 5.82 Å². The number of anilines is 1. The van der Waals surface area contributed by atoms with Crippen LogP contribution in [0.5, 0.6) is 0 Å². The third kappa shape index (κ3) is 2.72. The number of benzene rings is 1. The zero-order valence-corrected chi connectivity index (χ0v) is 9.29. The Labute approximate surface area is 97.0 Å². The highest BCUT2D eigenvalue weighted by molar-refractivity contribution is 5.77. The highest BCUT2D eigenvalue weighted by Gasteiger charge is 2.04. The van der Waals surface area contributed by atoms with Crippen LogP contribution in [0.15, 0.2) is 18.2 Å². The number of nitrogens with one attached hydrogen (secondary N) is 2. The first-order valence-electron chi connectivity index (χ1n) is 5.15. The number of nitrogens with zero attached hydrogens (tertiary/aromatic N) is 1. The van der Waals surface area contributed by atoms with Crippen LogP contribution in [0, 0.1) is 5.82 Å². The zero-order chi connectivity index (χ0) is 12.3. The van der Waals surface area contributed by atoms with Crippen molar-refractivity contribution in [3.05, 3.63) is 24.0 Å². The van der Waals surface area contributed by atoms with Gasteiger partial charge >= 0.3 is 5.97 Å². The number of fused-ring (bicyclic) bond motifs is 1. The van der Waals surface area contributed by atoms with Crippen molar-refractivity contribution in [2.75, 3.05) is 19.0 Å². The fourth-order valence-corrected chi connectivity index (χ4v) is 1.45. The minimum atomic E-state index is -0.317. The maximum Gasteiger partial charge on any atom is 0.307 e. The van der Waals surface area contributed by atoms with Crippen molar-refractivity contribution in [3.63, 3.8) is 0 Å². The summed E-state index contributed by atoms with van der Waals surface area (Å²) in [6.07, 6.45) is 0.252. The molecule has 0 saturated heterocycles. The second kappa shape index (κ2) is 4.82. The van der Waals surface area contributed by atoms with Crippen molar-refractivity contribution in [3.8, 4) is 0 Å². The molecule has 90 valence electrons. The molecule has 17 heavy (non-hydrogen) atoms. The molecule has 2 aromatic rings. The standard InChI is InChI=1S/C11H12FN3O2/c1-17-10(16)4-5-13-11-14-8-3-2-7(12)6-9(8)15-11/h2-3,6H,4-5H2,1H3,(H2,13,14,15). The Morgan fingerprint density at radius 3 is 3.18 bits per heavy atom. The van der Waals surface area contributed by atoms with E-state index < -0.39 is 0 Å². The summed E-state index contributed by atoms with van der Waals surface area (Å²) in [6.45, 7) is 0.412. The lowest BCUT2D eigenvalue weighted by Crippen LogP contribution is -2.10. The maximum atomic E-state index is 12.9. The topological polar surface area (TPSA) is 67.0 Å². The molecular weight excluding hydrogens is 225 g/mol. The minimum absolute atomic E-state index is 0.252. The number of ether oxygens (including phenoxy) is 1. The van der Waals surface area contributed by atoms with Crippen LogP contribution in [-0.2, 0) is 9.53 Å². The third-order valence-corrected chi connectivity index (χ3v) is 2.29. The average Bonchev–Trinajstić information content (AvgIpc) is 2.70. The molecule has 5 nitrogen and oxygen atoms in total. The van der Waals surface area contributed by atoms with Gasteiger partial charge in [-0.2, -0.15) is 0 Å². The Morgan fingerprint density at radius 1 is 1.59 bits per heavy atom. The van der Waals surface area contributed by atoms with Crippen LogP contribution in [0.3, 0.4) is 0 Å². The van der Waals surface area contributed by atoms with Gasteiger partial charge < -0.3 is 15.0 Å². The number of methoxy groups -OCH3 is 1. The van der Waals surface area contributed by atoms with E-state index in [2.05, 4.69) is 20.0 Å². The summed E-state index contributed by atoms with van der Waals surface area (Å²) in [6, 6.07) is 4.31. The molecule has 0 fully saturated rings. The molecule has 1 heterocycles. The van der Waals surface area contributed by atoms with E-state index in [0.29, 0.717) is 23.5 Å². The molecule has 0 unspecified atom stereocenters. The van der Waals surface area contributed by atoms with Gasteiger partial charge in [0.15, 0.2) is 0 Å². The molecular formula is C11H12FN3O2. The van der Waals surface area contributed by atoms with Crippen molar-refractivity contribution in [2.24, 2.45) is 0 Å². The number of carbonyl (C=O) groups is 1. The molecule has 0 radical (unpaired) electrons. The molecule has 0 aliphatic heterocycles. The van der Waals surface area contributed by atoms with Gasteiger partial charge in [-0.05, 0) is 18.2 Å². The van der Waals surface area contributed by atoms with Gasteiger partial charge in [0.2, 0.25) is 5.95 Å². The number of halogens is 1. The van der Waals surface area contributed by atoms with Crippen LogP contribution in [0.1, 0.15) is 6.42 Å². The molecule has 0 amide bonds. The summed E-state index contributed by atoms with van der Waals surface area (Å²) < 4.78 is 17.4. The molecule has 0 saturated carbocycles. The van der Waals surface area contributed by atoms with Crippen LogP contribution < -0.4 is 5.32 Å². The molecule has 2 N–H and O–H groups in total. The van der Waals surface area contributed by atoms with E-state index in [9.17, 15) is 9.18 Å². The van der Waals surface area contributed by atoms with Gasteiger partial charge in [-0.25, -0.2) is 9.37 Å². The predicted molar refractivity (Wildman–Crippen MR) is 61.2 cm³/mol. The Bertz CT molecular complexity index is 538. The monoisotopic (exact) mass is 237 g/mol. The number of aromatic amines is 1. The molecule has 0 atom stereocenters. The lowest BCUT2D eigenvalue weighted by Gasteiger charge is -2.00. The van der Waals surface area contributed by atoms with Crippen LogP contribution >= 0.6 is 0 Å². The van der Waals surface area contributed by atoms with E-state index in [1.54, 1.807) is 6.07 Å². The van der Waals surface area contributed by atoms with E-state index in [1.165, 1.54) is 19.2 Å². The van der Waals surface area contributed by atoms with Crippen LogP contribution in [0.2, 0.25) is 0 Å². The first-order chi connectivity index (χ1) is 8.19. The number of hydrogen-bond acceptors (Lipinski definition) is 4. The van der Waals surface area contributed by atoms with Gasteiger partial charge in [0, 0.05) is 6.54 Å². The molecule has 2 rings (SSSR count). The summed E-state index contributed by atoms with van der Waals surface area (Å²) in [5, 5.41) is 2.93. The summed E-state index contributed by atoms with van der Waals surface area (Å²) in [7, 11) is 1.34. The summed E-state index contributed by atoms with van der Waals surface area (Å²) in [4.78, 5) is 18.0. The largest absolute Gasteiger partial charge is 0.469 e. The predicted octanol–water partition coefficient (Wildman–Crippen LogP) is 1.68. The SMILES string of the molecule is COC(=O)CCNc1nc2ccc(F)cc2[nH]1. The van der Waals surface area contributed by atoms with Crippen LogP contribution in [0.25, 0.3) is 11.0 Å². The van der Waals surface area contributed by atoms with Crippen molar-refractivity contribution in [2.45, 2.75) is 6.42 Å². The normalized spacial score (nSPS) is 10.5. The average molecular weight is 237 g/mol. The summed E-state index contributed by atoms with van der Waals surface area (Å²) >= 11 is 0. The van der Waals surface area contributed by atoms with Crippen molar-refractivity contribution >= 4 is 23.0 Å². The van der Waals surface area contributed by atoms with E-state index in [0.717, 1.165) is 0 Å².